The molecule has 3 nitrogen and oxygen atoms in total. The van der Waals surface area contributed by atoms with E-state index in [1.54, 1.807) is 0 Å². The van der Waals surface area contributed by atoms with Gasteiger partial charge in [-0.2, -0.15) is 0 Å². The molecule has 1 saturated heterocycles. The molecule has 3 heteroatoms. The highest BCUT2D eigenvalue weighted by Crippen LogP contribution is 2.22. The van der Waals surface area contributed by atoms with Crippen LogP contribution in [0, 0.1) is 13.8 Å². The van der Waals surface area contributed by atoms with Gasteiger partial charge in [0.1, 0.15) is 0 Å². The number of benzene rings is 1. The molecule has 1 aromatic rings. The molecule has 100 valence electrons. The van der Waals surface area contributed by atoms with Crippen LogP contribution in [-0.2, 0) is 0 Å². The number of aryl methyl sites for hydroxylation is 2. The van der Waals surface area contributed by atoms with Crippen molar-refractivity contribution in [2.45, 2.75) is 39.3 Å². The Hall–Kier alpha value is -1.06. The van der Waals surface area contributed by atoms with Crippen molar-refractivity contribution in [2.24, 2.45) is 0 Å². The smallest absolute Gasteiger partial charge is 0.0839 e. The van der Waals surface area contributed by atoms with Gasteiger partial charge in [0.2, 0.25) is 0 Å². The molecule has 1 atom stereocenters. The van der Waals surface area contributed by atoms with Gasteiger partial charge in [-0.15, -0.1) is 0 Å². The van der Waals surface area contributed by atoms with Crippen LogP contribution < -0.4 is 10.2 Å². The lowest BCUT2D eigenvalue weighted by Gasteiger charge is -2.31. The SMILES string of the molecule is Cc1ccc(N2CC(O)CNC(C)(C)C2)cc1C. The first-order valence-electron chi connectivity index (χ1n) is 6.63. The Labute approximate surface area is 110 Å². The first kappa shape index (κ1) is 13.4. The molecule has 0 radical (unpaired) electrons. The van der Waals surface area contributed by atoms with Gasteiger partial charge in [-0.3, -0.25) is 0 Å². The zero-order chi connectivity index (χ0) is 13.3. The van der Waals surface area contributed by atoms with E-state index in [2.05, 4.69) is 56.1 Å². The van der Waals surface area contributed by atoms with Gasteiger partial charge < -0.3 is 15.3 Å². The van der Waals surface area contributed by atoms with Crippen LogP contribution in [0.2, 0.25) is 0 Å². The van der Waals surface area contributed by atoms with Crippen molar-refractivity contribution in [1.82, 2.24) is 5.32 Å². The number of nitrogens with zero attached hydrogens (tertiary/aromatic N) is 1. The number of β-amino-alcohol motifs (C(OH)–C–C–N with tert-alkyl or cyclic N) is 1. The molecule has 1 heterocycles. The van der Waals surface area contributed by atoms with Gasteiger partial charge in [-0.05, 0) is 51.0 Å². The molecule has 0 saturated carbocycles. The molecule has 1 aliphatic heterocycles. The van der Waals surface area contributed by atoms with Gasteiger partial charge in [-0.1, -0.05) is 6.07 Å². The molecule has 1 aliphatic rings. The Bertz CT molecular complexity index is 429. The largest absolute Gasteiger partial charge is 0.390 e. The summed E-state index contributed by atoms with van der Waals surface area (Å²) < 4.78 is 0. The Morgan fingerprint density at radius 2 is 2.00 bits per heavy atom. The Kier molecular flexibility index (Phi) is 3.64. The fraction of sp³-hybridized carbons (Fsp3) is 0.600. The summed E-state index contributed by atoms with van der Waals surface area (Å²) in [6, 6.07) is 6.52. The molecule has 0 amide bonds. The second-order valence-electron chi connectivity index (χ2n) is 6.07. The maximum Gasteiger partial charge on any atom is 0.0839 e. The lowest BCUT2D eigenvalue weighted by Crippen LogP contribution is -2.46. The van der Waals surface area contributed by atoms with Crippen LogP contribution in [0.5, 0.6) is 0 Å². The van der Waals surface area contributed by atoms with Crippen molar-refractivity contribution in [3.8, 4) is 0 Å². The van der Waals surface area contributed by atoms with E-state index in [9.17, 15) is 5.11 Å². The predicted octanol–water partition coefficient (Wildman–Crippen LogP) is 1.85. The van der Waals surface area contributed by atoms with Crippen LogP contribution in [0.4, 0.5) is 5.69 Å². The molecule has 18 heavy (non-hydrogen) atoms. The summed E-state index contributed by atoms with van der Waals surface area (Å²) in [5.74, 6) is 0. The van der Waals surface area contributed by atoms with Gasteiger partial charge >= 0.3 is 0 Å². The van der Waals surface area contributed by atoms with Crippen molar-refractivity contribution in [2.75, 3.05) is 24.5 Å². The summed E-state index contributed by atoms with van der Waals surface area (Å²) >= 11 is 0. The minimum Gasteiger partial charge on any atom is -0.390 e. The summed E-state index contributed by atoms with van der Waals surface area (Å²) in [5.41, 5.74) is 3.84. The zero-order valence-electron chi connectivity index (χ0n) is 11.8. The van der Waals surface area contributed by atoms with Crippen molar-refractivity contribution in [1.29, 1.82) is 0 Å². The highest BCUT2D eigenvalue weighted by Gasteiger charge is 2.27. The van der Waals surface area contributed by atoms with Gasteiger partial charge in [0.15, 0.2) is 0 Å². The molecule has 1 aromatic carbocycles. The van der Waals surface area contributed by atoms with E-state index in [1.807, 2.05) is 0 Å². The van der Waals surface area contributed by atoms with E-state index < -0.39 is 0 Å². The molecule has 0 aliphatic carbocycles. The predicted molar refractivity (Wildman–Crippen MR) is 76.2 cm³/mol. The summed E-state index contributed by atoms with van der Waals surface area (Å²) in [5, 5.41) is 13.4. The standard InChI is InChI=1S/C15H24N2O/c1-11-5-6-13(7-12(11)2)17-9-14(18)8-16-15(3,4)10-17/h5-7,14,16,18H,8-10H2,1-4H3. The number of anilines is 1. The minimum atomic E-state index is -0.312. The van der Waals surface area contributed by atoms with Gasteiger partial charge in [0, 0.05) is 30.9 Å². The molecule has 2 N–H and O–H groups in total. The molecule has 0 aromatic heterocycles. The summed E-state index contributed by atoms with van der Waals surface area (Å²) in [7, 11) is 0. The van der Waals surface area contributed by atoms with E-state index in [0.717, 1.165) is 6.54 Å². The third kappa shape index (κ3) is 3.03. The monoisotopic (exact) mass is 248 g/mol. The van der Waals surface area contributed by atoms with Crippen LogP contribution in [0.25, 0.3) is 0 Å². The highest BCUT2D eigenvalue weighted by atomic mass is 16.3. The van der Waals surface area contributed by atoms with Gasteiger partial charge in [-0.25, -0.2) is 0 Å². The quantitative estimate of drug-likeness (QED) is 0.796. The number of rotatable bonds is 1. The Morgan fingerprint density at radius 3 is 2.67 bits per heavy atom. The fourth-order valence-electron chi connectivity index (χ4n) is 2.43. The molecular formula is C15H24N2O. The van der Waals surface area contributed by atoms with E-state index >= 15 is 0 Å². The van der Waals surface area contributed by atoms with Crippen molar-refractivity contribution in [3.05, 3.63) is 29.3 Å². The maximum absolute atomic E-state index is 9.97. The maximum atomic E-state index is 9.97. The van der Waals surface area contributed by atoms with Gasteiger partial charge in [0.25, 0.3) is 0 Å². The number of aliphatic hydroxyl groups is 1. The minimum absolute atomic E-state index is 0.0241. The molecule has 2 rings (SSSR count). The highest BCUT2D eigenvalue weighted by molar-refractivity contribution is 5.51. The average molecular weight is 248 g/mol. The van der Waals surface area contributed by atoms with Crippen LogP contribution in [0.15, 0.2) is 18.2 Å². The van der Waals surface area contributed by atoms with E-state index in [0.29, 0.717) is 13.1 Å². The zero-order valence-corrected chi connectivity index (χ0v) is 11.8. The summed E-state index contributed by atoms with van der Waals surface area (Å²) in [6.45, 7) is 10.9. The third-order valence-electron chi connectivity index (χ3n) is 3.69. The first-order valence-corrected chi connectivity index (χ1v) is 6.63. The number of hydrogen-bond donors (Lipinski definition) is 2. The molecule has 0 spiro atoms. The molecular weight excluding hydrogens is 224 g/mol. The molecule has 1 fully saturated rings. The topological polar surface area (TPSA) is 35.5 Å². The van der Waals surface area contributed by atoms with Crippen LogP contribution in [0.3, 0.4) is 0 Å². The van der Waals surface area contributed by atoms with Crippen LogP contribution in [0.1, 0.15) is 25.0 Å². The van der Waals surface area contributed by atoms with Crippen molar-refractivity contribution >= 4 is 5.69 Å². The molecule has 1 unspecified atom stereocenters. The Morgan fingerprint density at radius 1 is 1.28 bits per heavy atom. The second kappa shape index (κ2) is 4.90. The lowest BCUT2D eigenvalue weighted by atomic mass is 10.0. The first-order chi connectivity index (χ1) is 8.37. The lowest BCUT2D eigenvalue weighted by molar-refractivity contribution is 0.179. The number of nitrogens with one attached hydrogen (secondary N) is 1. The fourth-order valence-corrected chi connectivity index (χ4v) is 2.43. The number of hydrogen-bond acceptors (Lipinski definition) is 3. The normalized spacial score (nSPS) is 23.8. The summed E-state index contributed by atoms with van der Waals surface area (Å²) in [4.78, 5) is 2.27. The molecule has 0 bridgehead atoms. The van der Waals surface area contributed by atoms with Crippen LogP contribution in [-0.4, -0.2) is 36.4 Å². The second-order valence-corrected chi connectivity index (χ2v) is 6.07. The van der Waals surface area contributed by atoms with Gasteiger partial charge in [0.05, 0.1) is 6.10 Å². The Balaban J connectivity index is 2.26. The van der Waals surface area contributed by atoms with Crippen molar-refractivity contribution < 1.29 is 5.11 Å². The van der Waals surface area contributed by atoms with E-state index in [1.165, 1.54) is 16.8 Å². The van der Waals surface area contributed by atoms with Crippen LogP contribution >= 0.6 is 0 Å². The van der Waals surface area contributed by atoms with E-state index in [-0.39, 0.29) is 11.6 Å². The number of aliphatic hydroxyl groups excluding tert-OH is 1. The van der Waals surface area contributed by atoms with E-state index in [4.69, 9.17) is 0 Å². The van der Waals surface area contributed by atoms with Crippen molar-refractivity contribution in [3.63, 3.8) is 0 Å². The third-order valence-corrected chi connectivity index (χ3v) is 3.69. The average Bonchev–Trinajstić information content (AvgIpc) is 2.42. The summed E-state index contributed by atoms with van der Waals surface area (Å²) in [6.07, 6.45) is -0.312.